The number of nitrogens with zero attached hydrogens (tertiary/aromatic N) is 2. The Morgan fingerprint density at radius 2 is 1.74 bits per heavy atom. The van der Waals surface area contributed by atoms with E-state index in [1.807, 2.05) is 0 Å². The third-order valence-corrected chi connectivity index (χ3v) is 5.31. The van der Waals surface area contributed by atoms with Crippen molar-refractivity contribution in [1.82, 2.24) is 9.13 Å². The van der Waals surface area contributed by atoms with Gasteiger partial charge in [0.1, 0.15) is 16.3 Å². The molecular weight excluding hydrogens is 370 g/mol. The third kappa shape index (κ3) is 3.00. The average molecular weight is 384 g/mol. The van der Waals surface area contributed by atoms with Gasteiger partial charge in [0.05, 0.1) is 17.7 Å². The summed E-state index contributed by atoms with van der Waals surface area (Å²) in [6.45, 7) is 1.78. The number of hydrogen-bond donors (Lipinski definition) is 0. The second-order valence-electron chi connectivity index (χ2n) is 6.20. The molecule has 0 saturated carbocycles. The molecule has 0 unspecified atom stereocenters. The molecule has 2 heterocycles. The number of aryl methyl sites for hydroxylation is 1. The Labute approximate surface area is 156 Å². The topological polar surface area (TPSA) is 44.0 Å². The van der Waals surface area contributed by atoms with Crippen LogP contribution in [0.3, 0.4) is 0 Å². The van der Waals surface area contributed by atoms with Crippen molar-refractivity contribution in [3.63, 3.8) is 0 Å². The van der Waals surface area contributed by atoms with Crippen LogP contribution in [0.2, 0.25) is 0 Å². The monoisotopic (exact) mass is 384 g/mol. The summed E-state index contributed by atoms with van der Waals surface area (Å²) in [5.41, 5.74) is 0.767. The molecule has 0 spiro atoms. The second-order valence-corrected chi connectivity index (χ2v) is 7.12. The molecule has 4 aromatic rings. The highest BCUT2D eigenvalue weighted by molar-refractivity contribution is 7.17. The van der Waals surface area contributed by atoms with Gasteiger partial charge in [-0.2, -0.15) is 0 Å². The smallest absolute Gasteiger partial charge is 0.288 e. The molecule has 0 aliphatic carbocycles. The molecule has 27 heavy (non-hydrogen) atoms. The van der Waals surface area contributed by atoms with Gasteiger partial charge in [-0.05, 0) is 53.8 Å². The standard InChI is InChI=1S/C20H14F2N2O2S/c1-12-2-7-15(10-16(12)22)24-19(25)18-17(8-9-27-18)23(20(24)26)11-13-3-5-14(21)6-4-13/h2-10H,11H2,1H3. The molecule has 0 aliphatic heterocycles. The lowest BCUT2D eigenvalue weighted by Crippen LogP contribution is -2.38. The van der Waals surface area contributed by atoms with Crippen LogP contribution in [-0.4, -0.2) is 9.13 Å². The van der Waals surface area contributed by atoms with Gasteiger partial charge in [0.15, 0.2) is 0 Å². The van der Waals surface area contributed by atoms with Crippen molar-refractivity contribution < 1.29 is 8.78 Å². The number of benzene rings is 2. The zero-order chi connectivity index (χ0) is 19.1. The van der Waals surface area contributed by atoms with E-state index in [4.69, 9.17) is 0 Å². The Hall–Kier alpha value is -3.06. The third-order valence-electron chi connectivity index (χ3n) is 4.42. The van der Waals surface area contributed by atoms with Crippen LogP contribution in [0.4, 0.5) is 8.78 Å². The number of rotatable bonds is 3. The van der Waals surface area contributed by atoms with E-state index in [-0.39, 0.29) is 18.0 Å². The molecule has 136 valence electrons. The summed E-state index contributed by atoms with van der Waals surface area (Å²) in [6, 6.07) is 11.8. The van der Waals surface area contributed by atoms with E-state index < -0.39 is 17.1 Å². The molecule has 7 heteroatoms. The van der Waals surface area contributed by atoms with Crippen molar-refractivity contribution in [2.24, 2.45) is 0 Å². The Morgan fingerprint density at radius 3 is 2.44 bits per heavy atom. The minimum atomic E-state index is -0.571. The molecule has 0 aliphatic rings. The molecule has 4 rings (SSSR count). The van der Waals surface area contributed by atoms with Crippen LogP contribution >= 0.6 is 11.3 Å². The predicted molar refractivity (Wildman–Crippen MR) is 102 cm³/mol. The van der Waals surface area contributed by atoms with E-state index in [0.717, 1.165) is 4.57 Å². The van der Waals surface area contributed by atoms with E-state index >= 15 is 0 Å². The molecular formula is C20H14F2N2O2S. The molecule has 0 amide bonds. The fourth-order valence-electron chi connectivity index (χ4n) is 2.96. The second kappa shape index (κ2) is 6.59. The van der Waals surface area contributed by atoms with Gasteiger partial charge >= 0.3 is 5.69 Å². The van der Waals surface area contributed by atoms with Crippen molar-refractivity contribution in [2.45, 2.75) is 13.5 Å². The lowest BCUT2D eigenvalue weighted by atomic mass is 10.2. The van der Waals surface area contributed by atoms with Gasteiger partial charge < -0.3 is 0 Å². The Bertz CT molecular complexity index is 1270. The SMILES string of the molecule is Cc1ccc(-n2c(=O)c3sccc3n(Cc3ccc(F)cc3)c2=O)cc1F. The minimum absolute atomic E-state index is 0.168. The first-order valence-electron chi connectivity index (χ1n) is 8.20. The first kappa shape index (κ1) is 17.4. The lowest BCUT2D eigenvalue weighted by Gasteiger charge is -2.13. The first-order valence-corrected chi connectivity index (χ1v) is 9.07. The average Bonchev–Trinajstić information content (AvgIpc) is 3.13. The zero-order valence-corrected chi connectivity index (χ0v) is 15.1. The summed E-state index contributed by atoms with van der Waals surface area (Å²) in [5, 5.41) is 1.73. The van der Waals surface area contributed by atoms with Gasteiger partial charge in [-0.3, -0.25) is 9.36 Å². The Balaban J connectivity index is 1.97. The maximum absolute atomic E-state index is 14.0. The number of aromatic nitrogens is 2. The maximum Gasteiger partial charge on any atom is 0.336 e. The Kier molecular flexibility index (Phi) is 4.24. The maximum atomic E-state index is 14.0. The predicted octanol–water partition coefficient (Wildman–Crippen LogP) is 3.85. The minimum Gasteiger partial charge on any atom is -0.288 e. The molecule has 2 aromatic carbocycles. The summed E-state index contributed by atoms with van der Waals surface area (Å²) in [6.07, 6.45) is 0. The molecule has 0 saturated heterocycles. The van der Waals surface area contributed by atoms with E-state index in [1.54, 1.807) is 36.6 Å². The fourth-order valence-corrected chi connectivity index (χ4v) is 3.79. The van der Waals surface area contributed by atoms with Gasteiger partial charge in [0, 0.05) is 0 Å². The lowest BCUT2D eigenvalue weighted by molar-refractivity contribution is 0.615. The van der Waals surface area contributed by atoms with Crippen molar-refractivity contribution in [3.05, 3.63) is 97.5 Å². The van der Waals surface area contributed by atoms with Crippen LogP contribution < -0.4 is 11.2 Å². The molecule has 2 aromatic heterocycles. The van der Waals surface area contributed by atoms with Gasteiger partial charge in [0.2, 0.25) is 0 Å². The van der Waals surface area contributed by atoms with Crippen molar-refractivity contribution >= 4 is 21.6 Å². The van der Waals surface area contributed by atoms with Crippen LogP contribution in [0.1, 0.15) is 11.1 Å². The molecule has 0 radical (unpaired) electrons. The molecule has 0 N–H and O–H groups in total. The van der Waals surface area contributed by atoms with E-state index in [0.29, 0.717) is 21.3 Å². The fraction of sp³-hybridized carbons (Fsp3) is 0.100. The van der Waals surface area contributed by atoms with Crippen LogP contribution in [0.15, 0.2) is 63.5 Å². The summed E-state index contributed by atoms with van der Waals surface area (Å²) in [7, 11) is 0. The van der Waals surface area contributed by atoms with Crippen LogP contribution in [0, 0.1) is 18.6 Å². The molecule has 0 fully saturated rings. The van der Waals surface area contributed by atoms with Gasteiger partial charge in [-0.25, -0.2) is 18.1 Å². The normalized spacial score (nSPS) is 11.2. The van der Waals surface area contributed by atoms with E-state index in [9.17, 15) is 18.4 Å². The highest BCUT2D eigenvalue weighted by Crippen LogP contribution is 2.18. The van der Waals surface area contributed by atoms with Crippen LogP contribution in [-0.2, 0) is 6.54 Å². The van der Waals surface area contributed by atoms with Crippen molar-refractivity contribution in [2.75, 3.05) is 0 Å². The Morgan fingerprint density at radius 1 is 1.00 bits per heavy atom. The summed E-state index contributed by atoms with van der Waals surface area (Å²) in [5.74, 6) is -0.859. The van der Waals surface area contributed by atoms with Gasteiger partial charge in [-0.1, -0.05) is 18.2 Å². The molecule has 0 bridgehead atoms. The zero-order valence-electron chi connectivity index (χ0n) is 14.3. The van der Waals surface area contributed by atoms with E-state index in [2.05, 4.69) is 0 Å². The van der Waals surface area contributed by atoms with E-state index in [1.165, 1.54) is 40.2 Å². The van der Waals surface area contributed by atoms with Crippen LogP contribution in [0.25, 0.3) is 15.9 Å². The van der Waals surface area contributed by atoms with Crippen LogP contribution in [0.5, 0.6) is 0 Å². The van der Waals surface area contributed by atoms with Gasteiger partial charge in [0.25, 0.3) is 5.56 Å². The first-order chi connectivity index (χ1) is 13.0. The highest BCUT2D eigenvalue weighted by Gasteiger charge is 2.16. The number of fused-ring (bicyclic) bond motifs is 1. The number of thiophene rings is 1. The molecule has 4 nitrogen and oxygen atoms in total. The summed E-state index contributed by atoms with van der Waals surface area (Å²) < 4.78 is 30.0. The summed E-state index contributed by atoms with van der Waals surface area (Å²) >= 11 is 1.22. The summed E-state index contributed by atoms with van der Waals surface area (Å²) in [4.78, 5) is 25.9. The quantitative estimate of drug-likeness (QED) is 0.539. The molecule has 0 atom stereocenters. The van der Waals surface area contributed by atoms with Crippen molar-refractivity contribution in [1.29, 1.82) is 0 Å². The largest absolute Gasteiger partial charge is 0.336 e. The van der Waals surface area contributed by atoms with Crippen molar-refractivity contribution in [3.8, 4) is 5.69 Å². The number of halogens is 2. The number of hydrogen-bond acceptors (Lipinski definition) is 3. The highest BCUT2D eigenvalue weighted by atomic mass is 32.1. The van der Waals surface area contributed by atoms with Gasteiger partial charge in [-0.15, -0.1) is 11.3 Å².